The number of carboxylic acid groups (broad SMARTS) is 1. The van der Waals surface area contributed by atoms with Gasteiger partial charge in [0.25, 0.3) is 0 Å². The van der Waals surface area contributed by atoms with Gasteiger partial charge >= 0.3 is 5.97 Å². The van der Waals surface area contributed by atoms with Gasteiger partial charge in [-0.3, -0.25) is 9.48 Å². The maximum absolute atomic E-state index is 12.0. The Morgan fingerprint density at radius 2 is 2.19 bits per heavy atom. The summed E-state index contributed by atoms with van der Waals surface area (Å²) in [5.74, 6) is -1.37. The molecule has 1 atom stereocenters. The fourth-order valence-electron chi connectivity index (χ4n) is 1.94. The lowest BCUT2D eigenvalue weighted by atomic mass is 10.3. The Labute approximate surface area is 121 Å². The zero-order valence-corrected chi connectivity index (χ0v) is 11.6. The molecule has 0 aliphatic heterocycles. The number of carbonyl (C=O) groups excluding carboxylic acids is 1. The van der Waals surface area contributed by atoms with Crippen molar-refractivity contribution in [2.24, 2.45) is 0 Å². The van der Waals surface area contributed by atoms with E-state index in [2.05, 4.69) is 15.5 Å². The molecule has 0 spiro atoms. The molecule has 8 heteroatoms. The highest BCUT2D eigenvalue weighted by molar-refractivity contribution is 5.87. The van der Waals surface area contributed by atoms with Crippen molar-refractivity contribution < 1.29 is 14.7 Å². The average molecular weight is 291 g/mol. The number of aromatic carboxylic acids is 1. The third-order valence-electron chi connectivity index (χ3n) is 3.06. The van der Waals surface area contributed by atoms with Gasteiger partial charge in [-0.05, 0) is 25.5 Å². The summed E-state index contributed by atoms with van der Waals surface area (Å²) in [7, 11) is 0. The van der Waals surface area contributed by atoms with Crippen LogP contribution in [0.25, 0.3) is 0 Å². The van der Waals surface area contributed by atoms with Crippen LogP contribution in [0.5, 0.6) is 0 Å². The van der Waals surface area contributed by atoms with E-state index in [-0.39, 0.29) is 11.6 Å². The number of nitrogens with zero attached hydrogens (tertiary/aromatic N) is 4. The topological polar surface area (TPSA) is 102 Å². The Bertz CT molecular complexity index is 605. The van der Waals surface area contributed by atoms with Gasteiger partial charge in [-0.15, -0.1) is 0 Å². The lowest BCUT2D eigenvalue weighted by Gasteiger charge is -2.14. The maximum atomic E-state index is 12.0. The van der Waals surface area contributed by atoms with Crippen molar-refractivity contribution >= 4 is 11.9 Å². The summed E-state index contributed by atoms with van der Waals surface area (Å²) in [5, 5.41) is 19.7. The lowest BCUT2D eigenvalue weighted by Crippen LogP contribution is -2.33. The molecule has 0 saturated carbocycles. The number of rotatable bonds is 7. The van der Waals surface area contributed by atoms with E-state index in [1.807, 2.05) is 12.3 Å². The van der Waals surface area contributed by atoms with Gasteiger partial charge in [0.1, 0.15) is 11.7 Å². The van der Waals surface area contributed by atoms with Gasteiger partial charge in [0, 0.05) is 31.7 Å². The minimum atomic E-state index is -1.11. The highest BCUT2D eigenvalue weighted by Gasteiger charge is 2.20. The van der Waals surface area contributed by atoms with E-state index in [4.69, 9.17) is 5.11 Å². The summed E-state index contributed by atoms with van der Waals surface area (Å²) in [6.07, 6.45) is 5.66. The second-order valence-electron chi connectivity index (χ2n) is 4.56. The average Bonchev–Trinajstić information content (AvgIpc) is 3.13. The maximum Gasteiger partial charge on any atom is 0.354 e. The highest BCUT2D eigenvalue weighted by Crippen LogP contribution is 2.09. The van der Waals surface area contributed by atoms with Crippen molar-refractivity contribution in [2.45, 2.75) is 25.9 Å². The van der Waals surface area contributed by atoms with Crippen LogP contribution in [0.1, 0.15) is 29.9 Å². The molecule has 0 saturated heterocycles. The molecule has 2 N–H and O–H groups in total. The van der Waals surface area contributed by atoms with Crippen molar-refractivity contribution in [2.75, 3.05) is 6.54 Å². The fraction of sp³-hybridized carbons (Fsp3) is 0.385. The van der Waals surface area contributed by atoms with Crippen LogP contribution in [-0.4, -0.2) is 43.1 Å². The number of carboxylic acids is 1. The van der Waals surface area contributed by atoms with Gasteiger partial charge in [-0.25, -0.2) is 9.48 Å². The minimum absolute atomic E-state index is 0.00538. The summed E-state index contributed by atoms with van der Waals surface area (Å²) in [6, 6.07) is 2.53. The van der Waals surface area contributed by atoms with Crippen LogP contribution in [0.3, 0.4) is 0 Å². The van der Waals surface area contributed by atoms with E-state index in [1.165, 1.54) is 16.9 Å². The zero-order valence-electron chi connectivity index (χ0n) is 11.6. The van der Waals surface area contributed by atoms with Crippen LogP contribution in [0, 0.1) is 0 Å². The third kappa shape index (κ3) is 3.68. The summed E-state index contributed by atoms with van der Waals surface area (Å²) < 4.78 is 2.98. The molecule has 2 heterocycles. The first-order chi connectivity index (χ1) is 10.1. The van der Waals surface area contributed by atoms with Crippen molar-refractivity contribution in [1.29, 1.82) is 0 Å². The second kappa shape index (κ2) is 6.69. The highest BCUT2D eigenvalue weighted by atomic mass is 16.4. The molecule has 2 rings (SSSR count). The van der Waals surface area contributed by atoms with E-state index < -0.39 is 12.0 Å². The van der Waals surface area contributed by atoms with Crippen LogP contribution in [0.4, 0.5) is 0 Å². The molecule has 21 heavy (non-hydrogen) atoms. The molecule has 0 bridgehead atoms. The van der Waals surface area contributed by atoms with Gasteiger partial charge in [-0.2, -0.15) is 10.2 Å². The molecule has 2 aromatic heterocycles. The molecule has 0 aliphatic carbocycles. The quantitative estimate of drug-likeness (QED) is 0.725. The van der Waals surface area contributed by atoms with Gasteiger partial charge in [0.05, 0.1) is 0 Å². The van der Waals surface area contributed by atoms with Crippen LogP contribution in [0.15, 0.2) is 30.7 Å². The van der Waals surface area contributed by atoms with E-state index in [1.54, 1.807) is 17.8 Å². The standard InChI is InChI=1S/C13H17N5O3/c1-10(18-11(13(20)21)4-7-16-18)12(19)14-5-2-8-17-9-3-6-15-17/h3-4,6-7,9-10H,2,5,8H2,1H3,(H,14,19)(H,20,21). The van der Waals surface area contributed by atoms with Crippen LogP contribution < -0.4 is 5.32 Å². The molecule has 0 fully saturated rings. The molecule has 0 radical (unpaired) electrons. The SMILES string of the molecule is CC(C(=O)NCCCn1cccn1)n1nccc1C(=O)O. The number of aromatic nitrogens is 4. The number of hydrogen-bond donors (Lipinski definition) is 2. The zero-order chi connectivity index (χ0) is 15.2. The fourth-order valence-corrected chi connectivity index (χ4v) is 1.94. The molecule has 1 amide bonds. The van der Waals surface area contributed by atoms with E-state index >= 15 is 0 Å². The third-order valence-corrected chi connectivity index (χ3v) is 3.06. The first-order valence-corrected chi connectivity index (χ1v) is 6.61. The molecule has 0 aromatic carbocycles. The largest absolute Gasteiger partial charge is 0.477 e. The Balaban J connectivity index is 1.82. The molecule has 2 aromatic rings. The van der Waals surface area contributed by atoms with Crippen molar-refractivity contribution in [1.82, 2.24) is 24.9 Å². The van der Waals surface area contributed by atoms with Crippen molar-refractivity contribution in [3.8, 4) is 0 Å². The van der Waals surface area contributed by atoms with Crippen LogP contribution in [0.2, 0.25) is 0 Å². The smallest absolute Gasteiger partial charge is 0.354 e. The number of hydrogen-bond acceptors (Lipinski definition) is 4. The number of nitrogens with one attached hydrogen (secondary N) is 1. The molecule has 1 unspecified atom stereocenters. The normalized spacial score (nSPS) is 12.0. The second-order valence-corrected chi connectivity index (χ2v) is 4.56. The molecule has 112 valence electrons. The Morgan fingerprint density at radius 3 is 2.86 bits per heavy atom. The molecule has 0 aliphatic rings. The predicted molar refractivity (Wildman–Crippen MR) is 73.8 cm³/mol. The van der Waals surface area contributed by atoms with Gasteiger partial charge in [0.15, 0.2) is 0 Å². The summed E-state index contributed by atoms with van der Waals surface area (Å²) in [4.78, 5) is 23.0. The Hall–Kier alpha value is -2.64. The number of aryl methyl sites for hydroxylation is 1. The van der Waals surface area contributed by atoms with Gasteiger partial charge < -0.3 is 10.4 Å². The van der Waals surface area contributed by atoms with E-state index in [9.17, 15) is 9.59 Å². The van der Waals surface area contributed by atoms with Crippen LogP contribution >= 0.6 is 0 Å². The van der Waals surface area contributed by atoms with E-state index in [0.29, 0.717) is 13.1 Å². The van der Waals surface area contributed by atoms with Gasteiger partial charge in [-0.1, -0.05) is 0 Å². The van der Waals surface area contributed by atoms with Gasteiger partial charge in [0.2, 0.25) is 5.91 Å². The molecular weight excluding hydrogens is 274 g/mol. The van der Waals surface area contributed by atoms with E-state index in [0.717, 1.165) is 6.42 Å². The number of amides is 1. The summed E-state index contributed by atoms with van der Waals surface area (Å²) in [5.41, 5.74) is -0.00538. The first kappa shape index (κ1) is 14.8. The molecule has 8 nitrogen and oxygen atoms in total. The Kier molecular flexibility index (Phi) is 4.70. The Morgan fingerprint density at radius 1 is 1.38 bits per heavy atom. The summed E-state index contributed by atoms with van der Waals surface area (Å²) >= 11 is 0. The first-order valence-electron chi connectivity index (χ1n) is 6.61. The predicted octanol–water partition coefficient (Wildman–Crippen LogP) is 0.545. The van der Waals surface area contributed by atoms with Crippen molar-refractivity contribution in [3.63, 3.8) is 0 Å². The number of carbonyl (C=O) groups is 2. The molecular formula is C13H17N5O3. The van der Waals surface area contributed by atoms with Crippen LogP contribution in [-0.2, 0) is 11.3 Å². The summed E-state index contributed by atoms with van der Waals surface area (Å²) in [6.45, 7) is 2.82. The monoisotopic (exact) mass is 291 g/mol. The lowest BCUT2D eigenvalue weighted by molar-refractivity contribution is -0.124. The minimum Gasteiger partial charge on any atom is -0.477 e. The van der Waals surface area contributed by atoms with Crippen molar-refractivity contribution in [3.05, 3.63) is 36.4 Å².